The molecule has 1 saturated carbocycles. The molecule has 1 aromatic carbocycles. The lowest BCUT2D eigenvalue weighted by molar-refractivity contribution is 0.220. The van der Waals surface area contributed by atoms with Crippen molar-refractivity contribution in [3.63, 3.8) is 0 Å². The van der Waals surface area contributed by atoms with E-state index in [0.717, 1.165) is 12.1 Å². The Bertz CT molecular complexity index is 755. The van der Waals surface area contributed by atoms with Crippen LogP contribution in [0.5, 0.6) is 5.75 Å². The Hall–Kier alpha value is -2.57. The Labute approximate surface area is 147 Å². The van der Waals surface area contributed by atoms with Gasteiger partial charge in [-0.05, 0) is 38.3 Å². The maximum atomic E-state index is 12.6. The molecule has 2 fully saturated rings. The molecule has 1 aliphatic heterocycles. The first-order valence-electron chi connectivity index (χ1n) is 8.94. The Balaban J connectivity index is 1.38. The number of rotatable bonds is 5. The summed E-state index contributed by atoms with van der Waals surface area (Å²) in [5.74, 6) is 1.30. The first-order valence-corrected chi connectivity index (χ1v) is 8.94. The van der Waals surface area contributed by atoms with Crippen LogP contribution >= 0.6 is 0 Å². The molecule has 0 unspecified atom stereocenters. The van der Waals surface area contributed by atoms with Gasteiger partial charge in [-0.1, -0.05) is 17.3 Å². The van der Waals surface area contributed by atoms with Gasteiger partial charge in [-0.25, -0.2) is 9.48 Å². The monoisotopic (exact) mass is 341 g/mol. The Morgan fingerprint density at radius 3 is 2.96 bits per heavy atom. The molecule has 1 atom stereocenters. The number of amides is 2. The summed E-state index contributed by atoms with van der Waals surface area (Å²) in [7, 11) is 0. The quantitative estimate of drug-likeness (QED) is 0.907. The number of hydrogen-bond donors (Lipinski definition) is 1. The second kappa shape index (κ2) is 6.74. The number of ether oxygens (including phenoxy) is 1. The van der Waals surface area contributed by atoms with E-state index in [2.05, 4.69) is 15.6 Å². The third kappa shape index (κ3) is 3.45. The zero-order chi connectivity index (χ0) is 17.2. The van der Waals surface area contributed by atoms with E-state index < -0.39 is 0 Å². The first kappa shape index (κ1) is 15.9. The van der Waals surface area contributed by atoms with Gasteiger partial charge in [0.2, 0.25) is 0 Å². The molecule has 1 aromatic heterocycles. The highest BCUT2D eigenvalue weighted by Gasteiger charge is 2.31. The number of likely N-dealkylation sites (tertiary alicyclic amines) is 1. The van der Waals surface area contributed by atoms with Crippen molar-refractivity contribution in [2.75, 3.05) is 25.0 Å². The van der Waals surface area contributed by atoms with E-state index in [4.69, 9.17) is 4.74 Å². The van der Waals surface area contributed by atoms with Crippen LogP contribution in [0.4, 0.5) is 10.5 Å². The van der Waals surface area contributed by atoms with Crippen molar-refractivity contribution in [3.8, 4) is 5.75 Å². The SMILES string of the molecule is CCOc1ccccc1NC(=O)N1CC[C@H](n2cc(C3CC3)nn2)C1. The predicted octanol–water partition coefficient (Wildman–Crippen LogP) is 3.03. The van der Waals surface area contributed by atoms with Gasteiger partial charge in [0, 0.05) is 25.2 Å². The smallest absolute Gasteiger partial charge is 0.322 e. The van der Waals surface area contributed by atoms with Gasteiger partial charge in [-0.15, -0.1) is 5.10 Å². The lowest BCUT2D eigenvalue weighted by atomic mass is 10.2. The third-order valence-corrected chi connectivity index (χ3v) is 4.78. The average Bonchev–Trinajstić information content (AvgIpc) is 3.15. The summed E-state index contributed by atoms with van der Waals surface area (Å²) in [6, 6.07) is 7.61. The van der Waals surface area contributed by atoms with Gasteiger partial charge in [0.15, 0.2) is 0 Å². The summed E-state index contributed by atoms with van der Waals surface area (Å²) in [6.07, 6.45) is 5.39. The molecule has 2 aromatic rings. The number of urea groups is 1. The zero-order valence-electron chi connectivity index (χ0n) is 14.4. The maximum absolute atomic E-state index is 12.6. The molecule has 2 heterocycles. The van der Waals surface area contributed by atoms with Crippen LogP contribution < -0.4 is 10.1 Å². The number of carbonyl (C=O) groups excluding carboxylic acids is 1. The Morgan fingerprint density at radius 1 is 1.32 bits per heavy atom. The molecule has 1 N–H and O–H groups in total. The minimum Gasteiger partial charge on any atom is -0.492 e. The van der Waals surface area contributed by atoms with Crippen LogP contribution in [0.25, 0.3) is 0 Å². The summed E-state index contributed by atoms with van der Waals surface area (Å²) in [6.45, 7) is 3.86. The molecule has 1 saturated heterocycles. The molecule has 7 heteroatoms. The van der Waals surface area contributed by atoms with Crippen molar-refractivity contribution in [2.24, 2.45) is 0 Å². The number of para-hydroxylation sites is 2. The van der Waals surface area contributed by atoms with Crippen molar-refractivity contribution in [2.45, 2.75) is 38.1 Å². The summed E-state index contributed by atoms with van der Waals surface area (Å²) in [5.41, 5.74) is 1.79. The first-order chi connectivity index (χ1) is 12.2. The number of nitrogens with one attached hydrogen (secondary N) is 1. The highest BCUT2D eigenvalue weighted by Crippen LogP contribution is 2.39. The largest absolute Gasteiger partial charge is 0.492 e. The minimum absolute atomic E-state index is 0.0998. The van der Waals surface area contributed by atoms with E-state index in [0.29, 0.717) is 37.1 Å². The molecule has 2 aliphatic rings. The molecule has 25 heavy (non-hydrogen) atoms. The van der Waals surface area contributed by atoms with E-state index in [9.17, 15) is 4.79 Å². The third-order valence-electron chi connectivity index (χ3n) is 4.78. The molecule has 0 bridgehead atoms. The molecule has 2 amide bonds. The number of benzene rings is 1. The van der Waals surface area contributed by atoms with Crippen LogP contribution in [0.2, 0.25) is 0 Å². The average molecular weight is 341 g/mol. The number of carbonyl (C=O) groups is 1. The van der Waals surface area contributed by atoms with Gasteiger partial charge < -0.3 is 15.0 Å². The lowest BCUT2D eigenvalue weighted by Gasteiger charge is -2.18. The van der Waals surface area contributed by atoms with E-state index in [1.165, 1.54) is 12.8 Å². The van der Waals surface area contributed by atoms with E-state index in [1.54, 1.807) is 0 Å². The summed E-state index contributed by atoms with van der Waals surface area (Å²) in [4.78, 5) is 14.4. The van der Waals surface area contributed by atoms with E-state index in [-0.39, 0.29) is 12.1 Å². The number of aromatic nitrogens is 3. The maximum Gasteiger partial charge on any atom is 0.322 e. The second-order valence-electron chi connectivity index (χ2n) is 6.65. The summed E-state index contributed by atoms with van der Waals surface area (Å²) in [5, 5.41) is 11.5. The molecule has 4 rings (SSSR count). The predicted molar refractivity (Wildman–Crippen MR) is 93.9 cm³/mol. The Morgan fingerprint density at radius 2 is 2.16 bits per heavy atom. The molecule has 132 valence electrons. The summed E-state index contributed by atoms with van der Waals surface area (Å²) < 4.78 is 7.49. The highest BCUT2D eigenvalue weighted by molar-refractivity contribution is 5.91. The van der Waals surface area contributed by atoms with Crippen molar-refractivity contribution in [3.05, 3.63) is 36.2 Å². The van der Waals surface area contributed by atoms with Crippen LogP contribution in [0.15, 0.2) is 30.5 Å². The minimum atomic E-state index is -0.0998. The summed E-state index contributed by atoms with van der Waals surface area (Å²) >= 11 is 0. The van der Waals surface area contributed by atoms with E-state index in [1.807, 2.05) is 47.0 Å². The molecular formula is C18H23N5O2. The molecule has 1 aliphatic carbocycles. The van der Waals surface area contributed by atoms with Crippen molar-refractivity contribution >= 4 is 11.7 Å². The number of hydrogen-bond acceptors (Lipinski definition) is 4. The number of nitrogens with zero attached hydrogens (tertiary/aromatic N) is 4. The number of anilines is 1. The fraction of sp³-hybridized carbons (Fsp3) is 0.500. The molecule has 7 nitrogen and oxygen atoms in total. The fourth-order valence-electron chi connectivity index (χ4n) is 3.22. The van der Waals surface area contributed by atoms with Gasteiger partial charge in [-0.3, -0.25) is 0 Å². The molecule has 0 radical (unpaired) electrons. The van der Waals surface area contributed by atoms with Crippen molar-refractivity contribution in [1.29, 1.82) is 0 Å². The van der Waals surface area contributed by atoms with Gasteiger partial charge >= 0.3 is 6.03 Å². The lowest BCUT2D eigenvalue weighted by Crippen LogP contribution is -2.33. The fourth-order valence-corrected chi connectivity index (χ4v) is 3.22. The van der Waals surface area contributed by atoms with Gasteiger partial charge in [0.1, 0.15) is 5.75 Å². The van der Waals surface area contributed by atoms with Crippen LogP contribution in [-0.4, -0.2) is 45.6 Å². The van der Waals surface area contributed by atoms with Crippen molar-refractivity contribution < 1.29 is 9.53 Å². The normalized spacial score (nSPS) is 19.9. The second-order valence-corrected chi connectivity index (χ2v) is 6.65. The highest BCUT2D eigenvalue weighted by atomic mass is 16.5. The van der Waals surface area contributed by atoms with Crippen LogP contribution in [0.1, 0.15) is 43.8 Å². The van der Waals surface area contributed by atoms with E-state index >= 15 is 0 Å². The van der Waals surface area contributed by atoms with Crippen molar-refractivity contribution in [1.82, 2.24) is 19.9 Å². The van der Waals surface area contributed by atoms with Gasteiger partial charge in [0.05, 0.1) is 24.0 Å². The molecular weight excluding hydrogens is 318 g/mol. The topological polar surface area (TPSA) is 72.3 Å². The van der Waals surface area contributed by atoms with Crippen LogP contribution in [0.3, 0.4) is 0 Å². The van der Waals surface area contributed by atoms with Gasteiger partial charge in [0.25, 0.3) is 0 Å². The molecule has 0 spiro atoms. The standard InChI is InChI=1S/C18H23N5O2/c1-2-25-17-6-4-3-5-15(17)19-18(24)22-10-9-14(11-22)23-12-16(20-21-23)13-7-8-13/h3-6,12-14H,2,7-11H2,1H3,(H,19,24)/t14-/m0/s1. The zero-order valence-corrected chi connectivity index (χ0v) is 14.4. The van der Waals surface area contributed by atoms with Crippen LogP contribution in [-0.2, 0) is 0 Å². The van der Waals surface area contributed by atoms with Crippen LogP contribution in [0, 0.1) is 0 Å². The van der Waals surface area contributed by atoms with Gasteiger partial charge in [-0.2, -0.15) is 0 Å². The Kier molecular flexibility index (Phi) is 4.29.